The molecule has 1 atom stereocenters. The molecule has 0 unspecified atom stereocenters. The van der Waals surface area contributed by atoms with Gasteiger partial charge in [-0.25, -0.2) is 4.98 Å². The molecular weight excluding hydrogens is 270 g/mol. The molecule has 3 heterocycles. The van der Waals surface area contributed by atoms with Gasteiger partial charge in [0.05, 0.1) is 10.2 Å². The Bertz CT molecular complexity index is 665. The number of nitrogen functional groups attached to an aromatic ring is 1. The van der Waals surface area contributed by atoms with Gasteiger partial charge in [-0.2, -0.15) is 4.98 Å². The summed E-state index contributed by atoms with van der Waals surface area (Å²) in [5.74, 6) is 1.39. The van der Waals surface area contributed by atoms with E-state index in [4.69, 9.17) is 11.5 Å². The van der Waals surface area contributed by atoms with Gasteiger partial charge in [-0.1, -0.05) is 0 Å². The molecule has 0 bridgehead atoms. The fourth-order valence-electron chi connectivity index (χ4n) is 3.31. The summed E-state index contributed by atoms with van der Waals surface area (Å²) in [5, 5.41) is 0. The summed E-state index contributed by atoms with van der Waals surface area (Å²) >= 11 is 1.86. The molecule has 0 radical (unpaired) electrons. The summed E-state index contributed by atoms with van der Waals surface area (Å²) < 4.78 is 1.21. The molecule has 4 N–H and O–H groups in total. The Morgan fingerprint density at radius 3 is 2.85 bits per heavy atom. The SMILES string of the molecule is Nc1nc(N2CC[C@@H](N)C2)c2sc3c(c2n1)CCCC3. The number of aromatic nitrogens is 2. The van der Waals surface area contributed by atoms with Crippen molar-refractivity contribution in [2.45, 2.75) is 38.1 Å². The third-order valence-corrected chi connectivity index (χ3v) is 5.59. The van der Waals surface area contributed by atoms with E-state index >= 15 is 0 Å². The lowest BCUT2D eigenvalue weighted by molar-refractivity contribution is 0.699. The van der Waals surface area contributed by atoms with E-state index in [9.17, 15) is 0 Å². The standard InChI is InChI=1S/C14H19N5S/c15-8-5-6-19(7-8)13-12-11(17-14(16)18-13)9-3-1-2-4-10(9)20-12/h8H,1-7,15H2,(H2,16,17,18)/t8-/m1/s1. The zero-order chi connectivity index (χ0) is 13.7. The summed E-state index contributed by atoms with van der Waals surface area (Å²) in [5.41, 5.74) is 14.5. The molecule has 0 amide bonds. The van der Waals surface area contributed by atoms with E-state index in [0.29, 0.717) is 5.95 Å². The van der Waals surface area contributed by atoms with E-state index in [-0.39, 0.29) is 6.04 Å². The van der Waals surface area contributed by atoms with E-state index in [1.165, 1.54) is 34.4 Å². The van der Waals surface area contributed by atoms with Gasteiger partial charge < -0.3 is 16.4 Å². The van der Waals surface area contributed by atoms with Crippen molar-refractivity contribution in [2.24, 2.45) is 5.73 Å². The second-order valence-corrected chi connectivity index (χ2v) is 6.89. The van der Waals surface area contributed by atoms with Crippen molar-refractivity contribution in [3.63, 3.8) is 0 Å². The highest BCUT2D eigenvalue weighted by molar-refractivity contribution is 7.19. The average molecular weight is 289 g/mol. The number of nitrogens with two attached hydrogens (primary N) is 2. The van der Waals surface area contributed by atoms with Crippen LogP contribution < -0.4 is 16.4 Å². The maximum atomic E-state index is 6.03. The van der Waals surface area contributed by atoms with Crippen LogP contribution in [0, 0.1) is 0 Å². The maximum absolute atomic E-state index is 6.03. The molecule has 1 fully saturated rings. The fourth-order valence-corrected chi connectivity index (χ4v) is 4.66. The van der Waals surface area contributed by atoms with Crippen LogP contribution in [0.3, 0.4) is 0 Å². The smallest absolute Gasteiger partial charge is 0.222 e. The van der Waals surface area contributed by atoms with Gasteiger partial charge in [-0.3, -0.25) is 0 Å². The first-order valence-corrected chi connectivity index (χ1v) is 8.12. The van der Waals surface area contributed by atoms with Crippen molar-refractivity contribution in [1.29, 1.82) is 0 Å². The second-order valence-electron chi connectivity index (χ2n) is 5.79. The van der Waals surface area contributed by atoms with E-state index < -0.39 is 0 Å². The molecule has 0 spiro atoms. The lowest BCUT2D eigenvalue weighted by Crippen LogP contribution is -2.27. The Morgan fingerprint density at radius 1 is 1.20 bits per heavy atom. The van der Waals surface area contributed by atoms with Crippen molar-refractivity contribution < 1.29 is 0 Å². The summed E-state index contributed by atoms with van der Waals surface area (Å²) in [6, 6.07) is 0.246. The summed E-state index contributed by atoms with van der Waals surface area (Å²) in [6.07, 6.45) is 5.87. The predicted molar refractivity (Wildman–Crippen MR) is 83.3 cm³/mol. The molecule has 2 aromatic rings. The van der Waals surface area contributed by atoms with Gasteiger partial charge in [0.1, 0.15) is 0 Å². The molecule has 4 rings (SSSR count). The number of nitrogens with zero attached hydrogens (tertiary/aromatic N) is 3. The molecule has 2 aromatic heterocycles. The van der Waals surface area contributed by atoms with Crippen LogP contribution in [-0.4, -0.2) is 29.1 Å². The lowest BCUT2D eigenvalue weighted by Gasteiger charge is -2.17. The largest absolute Gasteiger partial charge is 0.368 e. The molecule has 106 valence electrons. The summed E-state index contributed by atoms with van der Waals surface area (Å²) in [4.78, 5) is 12.8. The zero-order valence-electron chi connectivity index (χ0n) is 11.4. The minimum atomic E-state index is 0.246. The molecule has 1 aliphatic carbocycles. The number of aryl methyl sites for hydroxylation is 2. The van der Waals surface area contributed by atoms with Gasteiger partial charge in [0.15, 0.2) is 5.82 Å². The van der Waals surface area contributed by atoms with Gasteiger partial charge in [0.25, 0.3) is 0 Å². The summed E-state index contributed by atoms with van der Waals surface area (Å²) in [6.45, 7) is 1.84. The summed E-state index contributed by atoms with van der Waals surface area (Å²) in [7, 11) is 0. The van der Waals surface area contributed by atoms with Crippen LogP contribution in [0.25, 0.3) is 10.2 Å². The van der Waals surface area contributed by atoms with E-state index in [2.05, 4.69) is 14.9 Å². The van der Waals surface area contributed by atoms with Crippen molar-refractivity contribution in [1.82, 2.24) is 9.97 Å². The monoisotopic (exact) mass is 289 g/mol. The van der Waals surface area contributed by atoms with E-state index in [1.807, 2.05) is 11.3 Å². The van der Waals surface area contributed by atoms with Crippen LogP contribution in [0.4, 0.5) is 11.8 Å². The number of thiophene rings is 1. The average Bonchev–Trinajstić information content (AvgIpc) is 3.02. The Labute approximate surface area is 122 Å². The van der Waals surface area contributed by atoms with Gasteiger partial charge >= 0.3 is 0 Å². The molecule has 0 saturated carbocycles. The van der Waals surface area contributed by atoms with Crippen LogP contribution in [0.5, 0.6) is 0 Å². The van der Waals surface area contributed by atoms with Crippen LogP contribution in [0.2, 0.25) is 0 Å². The molecule has 0 aromatic carbocycles. The molecule has 1 aliphatic heterocycles. The van der Waals surface area contributed by atoms with Gasteiger partial charge in [0, 0.05) is 24.0 Å². The first-order chi connectivity index (χ1) is 9.72. The number of anilines is 2. The van der Waals surface area contributed by atoms with E-state index in [0.717, 1.165) is 37.3 Å². The number of fused-ring (bicyclic) bond motifs is 3. The molecule has 2 aliphatic rings. The predicted octanol–water partition coefficient (Wildman–Crippen LogP) is 1.69. The Kier molecular flexibility index (Phi) is 2.82. The highest BCUT2D eigenvalue weighted by Gasteiger charge is 2.26. The van der Waals surface area contributed by atoms with Gasteiger partial charge in [0.2, 0.25) is 5.95 Å². The zero-order valence-corrected chi connectivity index (χ0v) is 12.2. The normalized spacial score (nSPS) is 22.4. The maximum Gasteiger partial charge on any atom is 0.222 e. The van der Waals surface area contributed by atoms with Crippen molar-refractivity contribution in [3.05, 3.63) is 10.4 Å². The lowest BCUT2D eigenvalue weighted by atomic mass is 9.98. The van der Waals surface area contributed by atoms with Crippen LogP contribution in [-0.2, 0) is 12.8 Å². The molecule has 1 saturated heterocycles. The molecule has 20 heavy (non-hydrogen) atoms. The highest BCUT2D eigenvalue weighted by atomic mass is 32.1. The Hall–Kier alpha value is -1.40. The Balaban J connectivity index is 1.89. The van der Waals surface area contributed by atoms with Crippen LogP contribution in [0.15, 0.2) is 0 Å². The molecule has 6 heteroatoms. The highest BCUT2D eigenvalue weighted by Crippen LogP contribution is 2.40. The topological polar surface area (TPSA) is 81.1 Å². The quantitative estimate of drug-likeness (QED) is 0.835. The fraction of sp³-hybridized carbons (Fsp3) is 0.571. The van der Waals surface area contributed by atoms with Crippen LogP contribution >= 0.6 is 11.3 Å². The second kappa shape index (κ2) is 4.56. The van der Waals surface area contributed by atoms with Crippen LogP contribution in [0.1, 0.15) is 29.7 Å². The van der Waals surface area contributed by atoms with E-state index in [1.54, 1.807) is 0 Å². The number of rotatable bonds is 1. The third-order valence-electron chi connectivity index (χ3n) is 4.32. The first kappa shape index (κ1) is 12.3. The Morgan fingerprint density at radius 2 is 2.05 bits per heavy atom. The minimum Gasteiger partial charge on any atom is -0.368 e. The van der Waals surface area contributed by atoms with Gasteiger partial charge in [-0.15, -0.1) is 11.3 Å². The molecule has 5 nitrogen and oxygen atoms in total. The first-order valence-electron chi connectivity index (χ1n) is 7.30. The number of hydrogen-bond donors (Lipinski definition) is 2. The van der Waals surface area contributed by atoms with Crippen molar-refractivity contribution in [3.8, 4) is 0 Å². The number of hydrogen-bond acceptors (Lipinski definition) is 6. The van der Waals surface area contributed by atoms with Crippen molar-refractivity contribution in [2.75, 3.05) is 23.7 Å². The molecular formula is C14H19N5S. The minimum absolute atomic E-state index is 0.246. The van der Waals surface area contributed by atoms with Crippen molar-refractivity contribution >= 4 is 33.3 Å². The third kappa shape index (κ3) is 1.86. The van der Waals surface area contributed by atoms with Gasteiger partial charge in [-0.05, 0) is 37.7 Å².